The Hall–Kier alpha value is -3.22. The summed E-state index contributed by atoms with van der Waals surface area (Å²) >= 11 is 0. The average molecular weight is 375 g/mol. The van der Waals surface area contributed by atoms with Crippen LogP contribution in [0.15, 0.2) is 42.5 Å². The van der Waals surface area contributed by atoms with Crippen LogP contribution in [0.1, 0.15) is 22.8 Å². The van der Waals surface area contributed by atoms with Gasteiger partial charge in [0.05, 0.1) is 7.11 Å². The first-order valence-electron chi connectivity index (χ1n) is 8.19. The minimum Gasteiger partial charge on any atom is -0.493 e. The second-order valence-corrected chi connectivity index (χ2v) is 5.48. The van der Waals surface area contributed by atoms with Gasteiger partial charge in [-0.3, -0.25) is 9.59 Å². The molecule has 0 aromatic heterocycles. The molecular weight excluding hydrogens is 356 g/mol. The number of methoxy groups -OCH3 is 1. The molecule has 0 fully saturated rings. The second kappa shape index (κ2) is 9.47. The summed E-state index contributed by atoms with van der Waals surface area (Å²) in [5.41, 5.74) is 0.673. The second-order valence-electron chi connectivity index (χ2n) is 5.48. The number of ketones is 1. The molecule has 0 heterocycles. The van der Waals surface area contributed by atoms with Gasteiger partial charge in [0.15, 0.2) is 35.5 Å². The first-order valence-corrected chi connectivity index (χ1v) is 8.19. The summed E-state index contributed by atoms with van der Waals surface area (Å²) in [5, 5.41) is 2.62. The van der Waals surface area contributed by atoms with Crippen LogP contribution in [0, 0.1) is 11.6 Å². The van der Waals surface area contributed by atoms with Gasteiger partial charge >= 0.3 is 0 Å². The van der Waals surface area contributed by atoms with E-state index in [-0.39, 0.29) is 18.1 Å². The summed E-state index contributed by atoms with van der Waals surface area (Å²) in [4.78, 5) is 23.5. The van der Waals surface area contributed by atoms with E-state index in [1.165, 1.54) is 25.3 Å². The zero-order valence-electron chi connectivity index (χ0n) is 14.9. The van der Waals surface area contributed by atoms with Crippen LogP contribution in [-0.2, 0) is 4.79 Å². The highest BCUT2D eigenvalue weighted by atomic mass is 19.2. The molecule has 0 unspecified atom stereocenters. The van der Waals surface area contributed by atoms with E-state index in [4.69, 9.17) is 9.47 Å². The third-order valence-corrected chi connectivity index (χ3v) is 3.55. The summed E-state index contributed by atoms with van der Waals surface area (Å²) in [6, 6.07) is 7.87. The Morgan fingerprint density at radius 2 is 1.85 bits per heavy atom. The normalized spacial score (nSPS) is 10.7. The molecule has 5 nitrogen and oxygen atoms in total. The largest absolute Gasteiger partial charge is 0.493 e. The highest BCUT2D eigenvalue weighted by molar-refractivity contribution is 6.06. The van der Waals surface area contributed by atoms with E-state index in [9.17, 15) is 18.4 Å². The van der Waals surface area contributed by atoms with E-state index in [1.54, 1.807) is 25.1 Å². The molecule has 0 aliphatic heterocycles. The Bertz CT molecular complexity index is 865. The number of rotatable bonds is 8. The number of likely N-dealkylation sites (N-methyl/N-ethyl adjacent to an activating group) is 1. The number of halogens is 2. The zero-order chi connectivity index (χ0) is 19.8. The molecule has 1 N–H and O–H groups in total. The molecule has 27 heavy (non-hydrogen) atoms. The third-order valence-electron chi connectivity index (χ3n) is 3.55. The number of amides is 1. The fourth-order valence-electron chi connectivity index (χ4n) is 2.22. The molecule has 2 aromatic carbocycles. The fraction of sp³-hybridized carbons (Fsp3) is 0.200. The SMILES string of the molecule is CCNC(=O)COc1ccc(/C=C/C(=O)c2ccc(F)c(F)c2)cc1OC. The lowest BCUT2D eigenvalue weighted by molar-refractivity contribution is -0.123. The van der Waals surface area contributed by atoms with Crippen molar-refractivity contribution in [1.29, 1.82) is 0 Å². The molecule has 0 aliphatic carbocycles. The van der Waals surface area contributed by atoms with Crippen LogP contribution in [0.2, 0.25) is 0 Å². The predicted molar refractivity (Wildman–Crippen MR) is 96.9 cm³/mol. The van der Waals surface area contributed by atoms with Gasteiger partial charge in [0, 0.05) is 12.1 Å². The van der Waals surface area contributed by atoms with Crippen molar-refractivity contribution in [2.75, 3.05) is 20.3 Å². The van der Waals surface area contributed by atoms with E-state index in [0.717, 1.165) is 12.1 Å². The number of nitrogens with one attached hydrogen (secondary N) is 1. The van der Waals surface area contributed by atoms with Crippen molar-refractivity contribution in [2.45, 2.75) is 6.92 Å². The number of hydrogen-bond donors (Lipinski definition) is 1. The number of hydrogen-bond acceptors (Lipinski definition) is 4. The van der Waals surface area contributed by atoms with Crippen molar-refractivity contribution in [2.24, 2.45) is 0 Å². The van der Waals surface area contributed by atoms with Crippen molar-refractivity contribution in [3.05, 3.63) is 65.2 Å². The number of allylic oxidation sites excluding steroid dienone is 1. The summed E-state index contributed by atoms with van der Waals surface area (Å²) in [6.45, 7) is 2.17. The molecule has 1 amide bonds. The monoisotopic (exact) mass is 375 g/mol. The van der Waals surface area contributed by atoms with E-state index < -0.39 is 17.4 Å². The Morgan fingerprint density at radius 3 is 2.52 bits per heavy atom. The predicted octanol–water partition coefficient (Wildman–Crippen LogP) is 3.38. The zero-order valence-corrected chi connectivity index (χ0v) is 14.9. The Labute approximate surface area is 155 Å². The maximum Gasteiger partial charge on any atom is 0.257 e. The van der Waals surface area contributed by atoms with E-state index >= 15 is 0 Å². The van der Waals surface area contributed by atoms with Gasteiger partial charge in [0.25, 0.3) is 5.91 Å². The minimum atomic E-state index is -1.08. The van der Waals surface area contributed by atoms with Gasteiger partial charge in [-0.05, 0) is 48.9 Å². The van der Waals surface area contributed by atoms with Crippen LogP contribution in [0.4, 0.5) is 8.78 Å². The van der Waals surface area contributed by atoms with Gasteiger partial charge in [0.2, 0.25) is 0 Å². The van der Waals surface area contributed by atoms with Crippen molar-refractivity contribution >= 4 is 17.8 Å². The molecule has 2 rings (SSSR count). The molecule has 0 radical (unpaired) electrons. The van der Waals surface area contributed by atoms with Gasteiger partial charge < -0.3 is 14.8 Å². The van der Waals surface area contributed by atoms with E-state index in [1.807, 2.05) is 0 Å². The van der Waals surface area contributed by atoms with Crippen molar-refractivity contribution < 1.29 is 27.8 Å². The maximum absolute atomic E-state index is 13.2. The van der Waals surface area contributed by atoms with Gasteiger partial charge in [-0.15, -0.1) is 0 Å². The molecule has 0 atom stereocenters. The van der Waals surface area contributed by atoms with Crippen molar-refractivity contribution in [1.82, 2.24) is 5.32 Å². The molecule has 0 aliphatic rings. The van der Waals surface area contributed by atoms with Crippen LogP contribution in [0.5, 0.6) is 11.5 Å². The van der Waals surface area contributed by atoms with Gasteiger partial charge in [-0.2, -0.15) is 0 Å². The average Bonchev–Trinajstić information content (AvgIpc) is 2.67. The highest BCUT2D eigenvalue weighted by Gasteiger charge is 2.09. The molecule has 0 saturated carbocycles. The minimum absolute atomic E-state index is 0.0407. The highest BCUT2D eigenvalue weighted by Crippen LogP contribution is 2.28. The first-order chi connectivity index (χ1) is 12.9. The lowest BCUT2D eigenvalue weighted by Crippen LogP contribution is -2.28. The topological polar surface area (TPSA) is 64.6 Å². The molecule has 2 aromatic rings. The van der Waals surface area contributed by atoms with Gasteiger partial charge in [0.1, 0.15) is 0 Å². The third kappa shape index (κ3) is 5.64. The lowest BCUT2D eigenvalue weighted by atomic mass is 10.1. The van der Waals surface area contributed by atoms with Crippen LogP contribution < -0.4 is 14.8 Å². The van der Waals surface area contributed by atoms with Crippen molar-refractivity contribution in [3.63, 3.8) is 0 Å². The summed E-state index contributed by atoms with van der Waals surface area (Å²) in [7, 11) is 1.45. The molecule has 0 spiro atoms. The number of carbonyl (C=O) groups is 2. The Morgan fingerprint density at radius 1 is 1.07 bits per heavy atom. The Kier molecular flexibility index (Phi) is 7.05. The lowest BCUT2D eigenvalue weighted by Gasteiger charge is -2.11. The Balaban J connectivity index is 2.09. The quantitative estimate of drug-likeness (QED) is 0.567. The standard InChI is InChI=1S/C20H19F2NO4/c1-3-23-20(25)12-27-18-9-5-13(10-19(18)26-2)4-8-17(24)14-6-7-15(21)16(22)11-14/h4-11H,3,12H2,1-2H3,(H,23,25)/b8-4+. The van der Waals surface area contributed by atoms with E-state index in [0.29, 0.717) is 23.6 Å². The van der Waals surface area contributed by atoms with Crippen LogP contribution in [-0.4, -0.2) is 32.0 Å². The molecule has 142 valence electrons. The van der Waals surface area contributed by atoms with Gasteiger partial charge in [-0.1, -0.05) is 12.1 Å². The van der Waals surface area contributed by atoms with E-state index in [2.05, 4.69) is 5.32 Å². The van der Waals surface area contributed by atoms with Crippen molar-refractivity contribution in [3.8, 4) is 11.5 Å². The number of benzene rings is 2. The smallest absolute Gasteiger partial charge is 0.257 e. The fourth-order valence-corrected chi connectivity index (χ4v) is 2.22. The first kappa shape index (κ1) is 20.1. The van der Waals surface area contributed by atoms with Crippen LogP contribution in [0.3, 0.4) is 0 Å². The summed E-state index contributed by atoms with van der Waals surface area (Å²) in [6.07, 6.45) is 2.76. The molecule has 0 bridgehead atoms. The van der Waals surface area contributed by atoms with Crippen LogP contribution >= 0.6 is 0 Å². The van der Waals surface area contributed by atoms with Gasteiger partial charge in [-0.25, -0.2) is 8.78 Å². The molecular formula is C20H19F2NO4. The summed E-state index contributed by atoms with van der Waals surface area (Å²) in [5.74, 6) is -2.03. The maximum atomic E-state index is 13.2. The number of ether oxygens (including phenoxy) is 2. The van der Waals surface area contributed by atoms with Crippen LogP contribution in [0.25, 0.3) is 6.08 Å². The summed E-state index contributed by atoms with van der Waals surface area (Å²) < 4.78 is 36.8. The molecule has 7 heteroatoms. The number of carbonyl (C=O) groups excluding carboxylic acids is 2. The molecule has 0 saturated heterocycles.